The van der Waals surface area contributed by atoms with Gasteiger partial charge in [0.25, 0.3) is 0 Å². The van der Waals surface area contributed by atoms with Crippen molar-refractivity contribution in [3.63, 3.8) is 0 Å². The number of hydrogen-bond acceptors (Lipinski definition) is 3. The number of rotatable bonds is 7. The van der Waals surface area contributed by atoms with Gasteiger partial charge >= 0.3 is 5.97 Å². The molecule has 23 heavy (non-hydrogen) atoms. The van der Waals surface area contributed by atoms with E-state index in [9.17, 15) is 14.4 Å². The Balaban J connectivity index is 1.95. The van der Waals surface area contributed by atoms with E-state index in [1.807, 2.05) is 6.92 Å². The number of carboxylic acid groups (broad SMARTS) is 1. The van der Waals surface area contributed by atoms with E-state index in [1.54, 1.807) is 4.90 Å². The minimum absolute atomic E-state index is 0.0666. The molecule has 1 heterocycles. The molecule has 6 nitrogen and oxygen atoms in total. The summed E-state index contributed by atoms with van der Waals surface area (Å²) in [7, 11) is 0. The zero-order chi connectivity index (χ0) is 16.8. The van der Waals surface area contributed by atoms with Gasteiger partial charge in [-0.1, -0.05) is 26.2 Å². The highest BCUT2D eigenvalue weighted by atomic mass is 16.4. The Hall–Kier alpha value is -1.59. The maximum Gasteiger partial charge on any atom is 0.305 e. The number of nitrogens with one attached hydrogen (secondary N) is 1. The van der Waals surface area contributed by atoms with E-state index in [-0.39, 0.29) is 30.2 Å². The van der Waals surface area contributed by atoms with E-state index >= 15 is 0 Å². The number of carboxylic acids is 1. The minimum atomic E-state index is -0.908. The van der Waals surface area contributed by atoms with Crippen LogP contribution in [0.2, 0.25) is 0 Å². The third-order valence-corrected chi connectivity index (χ3v) is 4.95. The number of likely N-dealkylation sites (tertiary alicyclic amines) is 1. The molecule has 2 atom stereocenters. The van der Waals surface area contributed by atoms with Gasteiger partial charge in [0.2, 0.25) is 11.8 Å². The predicted octanol–water partition coefficient (Wildman–Crippen LogP) is 1.93. The normalized spacial score (nSPS) is 23.0. The summed E-state index contributed by atoms with van der Waals surface area (Å²) >= 11 is 0. The van der Waals surface area contributed by atoms with Crippen LogP contribution in [-0.2, 0) is 14.4 Å². The van der Waals surface area contributed by atoms with E-state index in [4.69, 9.17) is 5.11 Å². The molecule has 0 bridgehead atoms. The van der Waals surface area contributed by atoms with Gasteiger partial charge < -0.3 is 15.3 Å². The zero-order valence-electron chi connectivity index (χ0n) is 13.9. The second-order valence-corrected chi connectivity index (χ2v) is 6.76. The molecule has 0 aromatic rings. The zero-order valence-corrected chi connectivity index (χ0v) is 13.9. The van der Waals surface area contributed by atoms with Crippen molar-refractivity contribution >= 4 is 17.8 Å². The smallest absolute Gasteiger partial charge is 0.305 e. The second kappa shape index (κ2) is 8.31. The molecule has 2 amide bonds. The Bertz CT molecular complexity index is 446. The average molecular weight is 324 g/mol. The van der Waals surface area contributed by atoms with Crippen molar-refractivity contribution in [2.45, 2.75) is 76.8 Å². The van der Waals surface area contributed by atoms with E-state index in [0.29, 0.717) is 19.4 Å². The first-order chi connectivity index (χ1) is 11.0. The topological polar surface area (TPSA) is 86.7 Å². The van der Waals surface area contributed by atoms with Gasteiger partial charge in [-0.05, 0) is 32.1 Å². The van der Waals surface area contributed by atoms with Gasteiger partial charge in [-0.15, -0.1) is 0 Å². The predicted molar refractivity (Wildman–Crippen MR) is 85.8 cm³/mol. The van der Waals surface area contributed by atoms with Crippen molar-refractivity contribution in [1.29, 1.82) is 0 Å². The van der Waals surface area contributed by atoms with Crippen molar-refractivity contribution < 1.29 is 19.5 Å². The Morgan fingerprint density at radius 2 is 1.87 bits per heavy atom. The van der Waals surface area contributed by atoms with Crippen LogP contribution in [0.1, 0.15) is 64.7 Å². The number of nitrogens with zero attached hydrogens (tertiary/aromatic N) is 1. The van der Waals surface area contributed by atoms with E-state index < -0.39 is 12.0 Å². The summed E-state index contributed by atoms with van der Waals surface area (Å²) in [4.78, 5) is 37.8. The summed E-state index contributed by atoms with van der Waals surface area (Å²) < 4.78 is 0. The van der Waals surface area contributed by atoms with Crippen molar-refractivity contribution in [3.05, 3.63) is 0 Å². The molecule has 1 aliphatic carbocycles. The molecule has 0 aromatic heterocycles. The van der Waals surface area contributed by atoms with Gasteiger partial charge in [-0.3, -0.25) is 14.4 Å². The van der Waals surface area contributed by atoms with E-state index in [0.717, 1.165) is 38.5 Å². The van der Waals surface area contributed by atoms with Gasteiger partial charge in [0.1, 0.15) is 6.04 Å². The molecular formula is C17H28N2O4. The van der Waals surface area contributed by atoms with Crippen LogP contribution in [0.25, 0.3) is 0 Å². The molecule has 1 saturated heterocycles. The molecule has 130 valence electrons. The van der Waals surface area contributed by atoms with Crippen LogP contribution in [-0.4, -0.2) is 46.4 Å². The Kier molecular flexibility index (Phi) is 6.42. The summed E-state index contributed by atoms with van der Waals surface area (Å²) in [6.07, 6.45) is 6.96. The van der Waals surface area contributed by atoms with Crippen LogP contribution < -0.4 is 5.32 Å². The highest BCUT2D eigenvalue weighted by Crippen LogP contribution is 2.29. The van der Waals surface area contributed by atoms with Crippen LogP contribution in [0.15, 0.2) is 0 Å². The lowest BCUT2D eigenvalue weighted by Crippen LogP contribution is -2.50. The molecule has 2 fully saturated rings. The average Bonchev–Trinajstić information content (AvgIpc) is 3.17. The fraction of sp³-hybridized carbons (Fsp3) is 0.824. The highest BCUT2D eigenvalue weighted by Gasteiger charge is 2.38. The van der Waals surface area contributed by atoms with Crippen LogP contribution in [0, 0.1) is 5.92 Å². The van der Waals surface area contributed by atoms with Crippen LogP contribution in [0.4, 0.5) is 0 Å². The van der Waals surface area contributed by atoms with Gasteiger partial charge in [0.05, 0.1) is 6.42 Å². The lowest BCUT2D eigenvalue weighted by Gasteiger charge is -2.28. The Morgan fingerprint density at radius 3 is 2.48 bits per heavy atom. The number of carbonyl (C=O) groups is 3. The fourth-order valence-electron chi connectivity index (χ4n) is 3.79. The molecule has 1 aliphatic heterocycles. The van der Waals surface area contributed by atoms with Crippen LogP contribution in [0.3, 0.4) is 0 Å². The summed E-state index contributed by atoms with van der Waals surface area (Å²) in [6.45, 7) is 2.61. The fourth-order valence-corrected chi connectivity index (χ4v) is 3.79. The van der Waals surface area contributed by atoms with Crippen LogP contribution in [0.5, 0.6) is 0 Å². The molecular weight excluding hydrogens is 296 g/mol. The molecule has 1 saturated carbocycles. The minimum Gasteiger partial charge on any atom is -0.481 e. The van der Waals surface area contributed by atoms with Crippen molar-refractivity contribution in [2.24, 2.45) is 5.92 Å². The Labute approximate surface area is 137 Å². The monoisotopic (exact) mass is 324 g/mol. The number of carbonyl (C=O) groups excluding carboxylic acids is 2. The summed E-state index contributed by atoms with van der Waals surface area (Å²) in [5.41, 5.74) is 0. The maximum atomic E-state index is 12.6. The summed E-state index contributed by atoms with van der Waals surface area (Å²) in [5.74, 6) is -0.901. The van der Waals surface area contributed by atoms with E-state index in [1.165, 1.54) is 0 Å². The maximum absolute atomic E-state index is 12.6. The van der Waals surface area contributed by atoms with Gasteiger partial charge in [0.15, 0.2) is 0 Å². The first-order valence-corrected chi connectivity index (χ1v) is 8.85. The molecule has 0 spiro atoms. The quantitative estimate of drug-likeness (QED) is 0.749. The third kappa shape index (κ3) is 4.69. The van der Waals surface area contributed by atoms with Crippen LogP contribution >= 0.6 is 0 Å². The highest BCUT2D eigenvalue weighted by molar-refractivity contribution is 5.89. The Morgan fingerprint density at radius 1 is 1.17 bits per heavy atom. The van der Waals surface area contributed by atoms with Crippen molar-refractivity contribution in [2.75, 3.05) is 6.54 Å². The molecule has 0 unspecified atom stereocenters. The molecule has 0 radical (unpaired) electrons. The van der Waals surface area contributed by atoms with Gasteiger partial charge in [-0.2, -0.15) is 0 Å². The number of amides is 2. The van der Waals surface area contributed by atoms with E-state index in [2.05, 4.69) is 5.32 Å². The summed E-state index contributed by atoms with van der Waals surface area (Å²) in [5, 5.41) is 11.8. The standard InChI is InChI=1S/C17H28N2O4/c1-2-6-13(11-15(20)21)18-16(22)14-9-5-10-19(14)17(23)12-7-3-4-8-12/h12-14H,2-11H2,1H3,(H,18,22)(H,20,21)/t13-,14+/m1/s1. The van der Waals surface area contributed by atoms with Crippen molar-refractivity contribution in [3.8, 4) is 0 Å². The molecule has 0 aromatic carbocycles. The molecule has 6 heteroatoms. The molecule has 2 N–H and O–H groups in total. The lowest BCUT2D eigenvalue weighted by molar-refractivity contribution is -0.142. The molecule has 2 aliphatic rings. The van der Waals surface area contributed by atoms with Crippen molar-refractivity contribution in [1.82, 2.24) is 10.2 Å². The van der Waals surface area contributed by atoms with Gasteiger partial charge in [0, 0.05) is 18.5 Å². The lowest BCUT2D eigenvalue weighted by atomic mass is 10.0. The number of aliphatic carboxylic acids is 1. The first-order valence-electron chi connectivity index (χ1n) is 8.85. The molecule has 2 rings (SSSR count). The first kappa shape index (κ1) is 17.8. The SMILES string of the molecule is CCC[C@H](CC(=O)O)NC(=O)[C@@H]1CCCN1C(=O)C1CCCC1. The van der Waals surface area contributed by atoms with Gasteiger partial charge in [-0.25, -0.2) is 0 Å². The largest absolute Gasteiger partial charge is 0.481 e. The summed E-state index contributed by atoms with van der Waals surface area (Å²) in [6, 6.07) is -0.773. The number of hydrogen-bond donors (Lipinski definition) is 2. The second-order valence-electron chi connectivity index (χ2n) is 6.76. The third-order valence-electron chi connectivity index (χ3n) is 4.95.